The van der Waals surface area contributed by atoms with Crippen molar-refractivity contribution in [3.8, 4) is 34.9 Å². The Kier molecular flexibility index (Phi) is 6.22. The lowest BCUT2D eigenvalue weighted by molar-refractivity contribution is 0.470. The van der Waals surface area contributed by atoms with Crippen LogP contribution in [0, 0.1) is 22.7 Å². The number of nitrogens with one attached hydrogen (secondary N) is 1. The Morgan fingerprint density at radius 3 is 2.31 bits per heavy atom. The minimum absolute atomic E-state index is 0.354. The van der Waals surface area contributed by atoms with Crippen LogP contribution in [0.3, 0.4) is 0 Å². The molecule has 0 aliphatic carbocycles. The normalized spacial score (nSPS) is 10.5. The molecule has 168 valence electrons. The van der Waals surface area contributed by atoms with E-state index >= 15 is 0 Å². The second-order valence-electron chi connectivity index (χ2n) is 7.36. The zero-order chi connectivity index (χ0) is 24.4. The van der Waals surface area contributed by atoms with Gasteiger partial charge in [-0.05, 0) is 65.5 Å². The Bertz CT molecular complexity index is 1650. The zero-order valence-corrected chi connectivity index (χ0v) is 20.1. The molecule has 0 radical (unpaired) electrons. The number of halogens is 2. The summed E-state index contributed by atoms with van der Waals surface area (Å²) in [4.78, 5) is 9.10. The molecule has 35 heavy (non-hydrogen) atoms. The van der Waals surface area contributed by atoms with Crippen LogP contribution in [0.5, 0.6) is 11.6 Å². The number of benzene rings is 3. The van der Waals surface area contributed by atoms with Crippen LogP contribution in [0.4, 0.5) is 11.6 Å². The van der Waals surface area contributed by atoms with E-state index in [2.05, 4.69) is 27.4 Å². The number of hydrogen-bond donors (Lipinski definition) is 1. The van der Waals surface area contributed by atoms with Gasteiger partial charge in [0.15, 0.2) is 0 Å². The third kappa shape index (κ3) is 4.75. The van der Waals surface area contributed by atoms with Crippen molar-refractivity contribution in [2.75, 3.05) is 5.32 Å². The Hall–Kier alpha value is -4.14. The lowest BCUT2D eigenvalue weighted by Gasteiger charge is -2.12. The van der Waals surface area contributed by atoms with Crippen LogP contribution in [0.15, 0.2) is 72.1 Å². The first-order chi connectivity index (χ1) is 17.0. The molecule has 0 amide bonds. The molecule has 3 aromatic carbocycles. The minimum Gasteiger partial charge on any atom is -0.436 e. The van der Waals surface area contributed by atoms with E-state index in [1.165, 1.54) is 11.3 Å². The van der Waals surface area contributed by atoms with Gasteiger partial charge in [-0.3, -0.25) is 0 Å². The summed E-state index contributed by atoms with van der Waals surface area (Å²) in [7, 11) is 0. The first-order valence-electron chi connectivity index (χ1n) is 10.2. The SMILES string of the molecule is N#Cc1ccc(Nc2nc(Oc3ccc(-c4ccc(C#N)cc4Cl)cc3Cl)c3sccc3n2)cc1. The molecule has 5 aromatic rings. The van der Waals surface area contributed by atoms with Gasteiger partial charge in [0.2, 0.25) is 11.8 Å². The molecule has 0 atom stereocenters. The van der Waals surface area contributed by atoms with E-state index in [9.17, 15) is 0 Å². The first-order valence-corrected chi connectivity index (χ1v) is 11.9. The Labute approximate surface area is 214 Å². The number of hydrogen-bond acceptors (Lipinski definition) is 7. The Balaban J connectivity index is 1.45. The molecule has 0 bridgehead atoms. The number of thiophene rings is 1. The summed E-state index contributed by atoms with van der Waals surface area (Å²) in [5, 5.41) is 23.9. The first kappa shape index (κ1) is 22.6. The average molecular weight is 514 g/mol. The fourth-order valence-corrected chi connectivity index (χ4v) is 4.66. The highest BCUT2D eigenvalue weighted by atomic mass is 35.5. The quantitative estimate of drug-likeness (QED) is 0.256. The van der Waals surface area contributed by atoms with Crippen LogP contribution in [0.25, 0.3) is 21.3 Å². The second-order valence-corrected chi connectivity index (χ2v) is 9.09. The molecule has 0 fully saturated rings. The lowest BCUT2D eigenvalue weighted by atomic mass is 10.0. The van der Waals surface area contributed by atoms with E-state index in [-0.39, 0.29) is 0 Å². The van der Waals surface area contributed by atoms with Crippen LogP contribution in [0.1, 0.15) is 11.1 Å². The molecule has 0 unspecified atom stereocenters. The Morgan fingerprint density at radius 2 is 1.60 bits per heavy atom. The van der Waals surface area contributed by atoms with Crippen LogP contribution in [-0.4, -0.2) is 9.97 Å². The van der Waals surface area contributed by atoms with Gasteiger partial charge in [-0.15, -0.1) is 11.3 Å². The van der Waals surface area contributed by atoms with Gasteiger partial charge in [0.05, 0.1) is 33.8 Å². The summed E-state index contributed by atoms with van der Waals surface area (Å²) in [6.45, 7) is 0. The Morgan fingerprint density at radius 1 is 0.829 bits per heavy atom. The van der Waals surface area contributed by atoms with Gasteiger partial charge in [-0.1, -0.05) is 35.3 Å². The molecule has 0 spiro atoms. The molecule has 1 N–H and O–H groups in total. The topological polar surface area (TPSA) is 94.6 Å². The summed E-state index contributed by atoms with van der Waals surface area (Å²) >= 11 is 14.4. The van der Waals surface area contributed by atoms with Crippen molar-refractivity contribution < 1.29 is 4.74 Å². The molecule has 0 saturated carbocycles. The summed E-state index contributed by atoms with van der Waals surface area (Å²) < 4.78 is 6.90. The number of ether oxygens (including phenoxy) is 1. The molecule has 5 rings (SSSR count). The maximum atomic E-state index is 9.06. The number of rotatable bonds is 5. The number of nitrogens with zero attached hydrogens (tertiary/aromatic N) is 4. The van der Waals surface area contributed by atoms with Crippen molar-refractivity contribution >= 4 is 56.4 Å². The molecule has 0 aliphatic heterocycles. The fraction of sp³-hybridized carbons (Fsp3) is 0. The third-order valence-electron chi connectivity index (χ3n) is 5.09. The van der Waals surface area contributed by atoms with Crippen molar-refractivity contribution in [3.63, 3.8) is 0 Å². The highest BCUT2D eigenvalue weighted by Gasteiger charge is 2.15. The minimum atomic E-state index is 0.354. The molecule has 6 nitrogen and oxygen atoms in total. The second kappa shape index (κ2) is 9.61. The molecule has 2 heterocycles. The lowest BCUT2D eigenvalue weighted by Crippen LogP contribution is -1.99. The summed E-state index contributed by atoms with van der Waals surface area (Å²) in [6, 6.07) is 23.5. The van der Waals surface area contributed by atoms with Crippen molar-refractivity contribution in [2.24, 2.45) is 0 Å². The van der Waals surface area contributed by atoms with Crippen LogP contribution in [0.2, 0.25) is 10.0 Å². The predicted octanol–water partition coefficient (Wildman–Crippen LogP) is 7.94. The molecular weight excluding hydrogens is 501 g/mol. The van der Waals surface area contributed by atoms with Crippen LogP contribution >= 0.6 is 34.5 Å². The molecule has 9 heteroatoms. The van der Waals surface area contributed by atoms with E-state index in [0.717, 1.165) is 27.0 Å². The molecule has 0 saturated heterocycles. The fourth-order valence-electron chi connectivity index (χ4n) is 3.39. The van der Waals surface area contributed by atoms with E-state index in [0.29, 0.717) is 38.8 Å². The highest BCUT2D eigenvalue weighted by molar-refractivity contribution is 7.17. The van der Waals surface area contributed by atoms with Gasteiger partial charge in [0.1, 0.15) is 10.4 Å². The maximum absolute atomic E-state index is 9.06. The van der Waals surface area contributed by atoms with Crippen molar-refractivity contribution in [3.05, 3.63) is 93.3 Å². The number of nitriles is 2. The zero-order valence-electron chi connectivity index (χ0n) is 17.8. The van der Waals surface area contributed by atoms with Gasteiger partial charge in [0, 0.05) is 16.3 Å². The van der Waals surface area contributed by atoms with E-state index in [1.54, 1.807) is 54.6 Å². The molecule has 0 aliphatic rings. The van der Waals surface area contributed by atoms with Crippen molar-refractivity contribution in [1.29, 1.82) is 10.5 Å². The van der Waals surface area contributed by atoms with Crippen molar-refractivity contribution in [2.45, 2.75) is 0 Å². The summed E-state index contributed by atoms with van der Waals surface area (Å²) in [5.74, 6) is 1.15. The van der Waals surface area contributed by atoms with Gasteiger partial charge >= 0.3 is 0 Å². The highest BCUT2D eigenvalue weighted by Crippen LogP contribution is 2.38. The number of fused-ring (bicyclic) bond motifs is 1. The van der Waals surface area contributed by atoms with Gasteiger partial charge in [-0.2, -0.15) is 15.5 Å². The number of aromatic nitrogens is 2. The predicted molar refractivity (Wildman–Crippen MR) is 139 cm³/mol. The summed E-state index contributed by atoms with van der Waals surface area (Å²) in [5.41, 5.74) is 4.08. The van der Waals surface area contributed by atoms with E-state index in [1.807, 2.05) is 17.5 Å². The standard InChI is InChI=1S/C26H13Cl2N5OS/c27-20-11-16(14-30)3-7-19(20)17-4-8-23(21(28)12-17)34-25-24-22(9-10-35-24)32-26(33-25)31-18-5-1-15(13-29)2-6-18/h1-12H,(H,31,32,33). The van der Waals surface area contributed by atoms with Crippen molar-refractivity contribution in [1.82, 2.24) is 9.97 Å². The van der Waals surface area contributed by atoms with E-state index in [4.69, 9.17) is 38.5 Å². The smallest absolute Gasteiger partial charge is 0.242 e. The monoisotopic (exact) mass is 513 g/mol. The van der Waals surface area contributed by atoms with Gasteiger partial charge in [0.25, 0.3) is 0 Å². The number of anilines is 2. The third-order valence-corrected chi connectivity index (χ3v) is 6.59. The summed E-state index contributed by atoms with van der Waals surface area (Å²) in [6.07, 6.45) is 0. The van der Waals surface area contributed by atoms with E-state index < -0.39 is 0 Å². The average Bonchev–Trinajstić information content (AvgIpc) is 3.34. The van der Waals surface area contributed by atoms with Gasteiger partial charge in [-0.25, -0.2) is 4.98 Å². The largest absolute Gasteiger partial charge is 0.436 e. The van der Waals surface area contributed by atoms with Crippen LogP contribution in [-0.2, 0) is 0 Å². The molecule has 2 aromatic heterocycles. The van der Waals surface area contributed by atoms with Gasteiger partial charge < -0.3 is 10.1 Å². The molecular formula is C26H13Cl2N5OS. The van der Waals surface area contributed by atoms with Crippen LogP contribution < -0.4 is 10.1 Å². The maximum Gasteiger partial charge on any atom is 0.242 e.